The molecule has 0 amide bonds. The molecule has 16 heavy (non-hydrogen) atoms. The molecule has 0 spiro atoms. The molecule has 2 rings (SSSR count). The summed E-state index contributed by atoms with van der Waals surface area (Å²) in [6, 6.07) is 2.93. The van der Waals surface area contributed by atoms with Crippen LogP contribution in [0.5, 0.6) is 0 Å². The van der Waals surface area contributed by atoms with Crippen LogP contribution < -0.4 is 0 Å². The van der Waals surface area contributed by atoms with Gasteiger partial charge in [0.15, 0.2) is 11.6 Å². The standard InChI is InChI=1S/C11H7ClF2N2/c1-6-2-3-7(11(14)10(6)13)8-4-15-5-9(12)16-8/h2-5H,1H3. The number of aromatic nitrogens is 2. The van der Waals surface area contributed by atoms with E-state index in [1.165, 1.54) is 31.5 Å². The van der Waals surface area contributed by atoms with Crippen LogP contribution in [0.3, 0.4) is 0 Å². The Morgan fingerprint density at radius 2 is 1.88 bits per heavy atom. The van der Waals surface area contributed by atoms with Gasteiger partial charge >= 0.3 is 0 Å². The average Bonchev–Trinajstić information content (AvgIpc) is 2.26. The second-order valence-corrected chi connectivity index (χ2v) is 3.67. The van der Waals surface area contributed by atoms with Crippen LogP contribution in [0.15, 0.2) is 24.5 Å². The maximum atomic E-state index is 13.6. The van der Waals surface area contributed by atoms with Crippen LogP contribution >= 0.6 is 11.6 Å². The molecule has 0 unspecified atom stereocenters. The van der Waals surface area contributed by atoms with Gasteiger partial charge in [0.1, 0.15) is 5.15 Å². The van der Waals surface area contributed by atoms with E-state index < -0.39 is 11.6 Å². The molecule has 0 aliphatic heterocycles. The van der Waals surface area contributed by atoms with Crippen LogP contribution in [0.2, 0.25) is 5.15 Å². The molecule has 2 aromatic rings. The fraction of sp³-hybridized carbons (Fsp3) is 0.0909. The molecule has 0 radical (unpaired) electrons. The first-order chi connectivity index (χ1) is 7.59. The molecular formula is C11H7ClF2N2. The lowest BCUT2D eigenvalue weighted by atomic mass is 10.1. The topological polar surface area (TPSA) is 25.8 Å². The lowest BCUT2D eigenvalue weighted by Gasteiger charge is -2.05. The van der Waals surface area contributed by atoms with Crippen molar-refractivity contribution in [2.45, 2.75) is 6.92 Å². The molecule has 1 aromatic carbocycles. The summed E-state index contributed by atoms with van der Waals surface area (Å²) >= 11 is 5.63. The molecule has 5 heteroatoms. The predicted octanol–water partition coefficient (Wildman–Crippen LogP) is 3.38. The van der Waals surface area contributed by atoms with Crippen molar-refractivity contribution in [3.8, 4) is 11.3 Å². The third kappa shape index (κ3) is 1.88. The molecule has 0 aliphatic rings. The van der Waals surface area contributed by atoms with Crippen molar-refractivity contribution in [3.63, 3.8) is 0 Å². The fourth-order valence-electron chi connectivity index (χ4n) is 1.32. The van der Waals surface area contributed by atoms with E-state index in [4.69, 9.17) is 11.6 Å². The van der Waals surface area contributed by atoms with Crippen LogP contribution in [-0.4, -0.2) is 9.97 Å². The maximum Gasteiger partial charge on any atom is 0.168 e. The Hall–Kier alpha value is -1.55. The number of hydrogen-bond donors (Lipinski definition) is 0. The van der Waals surface area contributed by atoms with Crippen LogP contribution in [0.4, 0.5) is 8.78 Å². The van der Waals surface area contributed by atoms with Crippen molar-refractivity contribution in [2.24, 2.45) is 0 Å². The largest absolute Gasteiger partial charge is 0.259 e. The number of hydrogen-bond acceptors (Lipinski definition) is 2. The molecule has 0 fully saturated rings. The Labute approximate surface area is 95.9 Å². The molecule has 2 nitrogen and oxygen atoms in total. The molecule has 82 valence electrons. The zero-order valence-electron chi connectivity index (χ0n) is 8.34. The minimum Gasteiger partial charge on any atom is -0.259 e. The Balaban J connectivity index is 2.61. The first kappa shape index (κ1) is 11.0. The van der Waals surface area contributed by atoms with E-state index in [1.54, 1.807) is 0 Å². The highest BCUT2D eigenvalue weighted by atomic mass is 35.5. The summed E-state index contributed by atoms with van der Waals surface area (Å²) in [5, 5.41) is 0.137. The number of aryl methyl sites for hydroxylation is 1. The highest BCUT2D eigenvalue weighted by Gasteiger charge is 2.13. The maximum absolute atomic E-state index is 13.6. The van der Waals surface area contributed by atoms with Crippen LogP contribution in [0.1, 0.15) is 5.56 Å². The summed E-state index contributed by atoms with van der Waals surface area (Å²) in [6.45, 7) is 1.49. The lowest BCUT2D eigenvalue weighted by Crippen LogP contribution is -1.95. The quantitative estimate of drug-likeness (QED) is 0.764. The van der Waals surface area contributed by atoms with Crippen molar-refractivity contribution < 1.29 is 8.78 Å². The highest BCUT2D eigenvalue weighted by Crippen LogP contribution is 2.24. The van der Waals surface area contributed by atoms with Gasteiger partial charge in [0.2, 0.25) is 0 Å². The summed E-state index contributed by atoms with van der Waals surface area (Å²) in [7, 11) is 0. The third-order valence-electron chi connectivity index (χ3n) is 2.16. The van der Waals surface area contributed by atoms with E-state index in [2.05, 4.69) is 9.97 Å². The minimum absolute atomic E-state index is 0.0538. The van der Waals surface area contributed by atoms with Gasteiger partial charge in [-0.2, -0.15) is 0 Å². The van der Waals surface area contributed by atoms with Gasteiger partial charge in [-0.05, 0) is 18.6 Å². The molecule has 0 N–H and O–H groups in total. The molecular weight excluding hydrogens is 234 g/mol. The van der Waals surface area contributed by atoms with Gasteiger partial charge in [-0.25, -0.2) is 13.8 Å². The Morgan fingerprint density at radius 3 is 2.56 bits per heavy atom. The summed E-state index contributed by atoms with van der Waals surface area (Å²) < 4.78 is 26.9. The van der Waals surface area contributed by atoms with Gasteiger partial charge in [-0.15, -0.1) is 0 Å². The second-order valence-electron chi connectivity index (χ2n) is 3.29. The number of rotatable bonds is 1. The predicted molar refractivity (Wildman–Crippen MR) is 57.1 cm³/mol. The summed E-state index contributed by atoms with van der Waals surface area (Å²) in [5.74, 6) is -1.81. The van der Waals surface area contributed by atoms with Crippen LogP contribution in [0.25, 0.3) is 11.3 Å². The Kier molecular flexibility index (Phi) is 2.83. The van der Waals surface area contributed by atoms with E-state index >= 15 is 0 Å². The summed E-state index contributed by atoms with van der Waals surface area (Å²) in [5.41, 5.74) is 0.512. The van der Waals surface area contributed by atoms with Crippen molar-refractivity contribution >= 4 is 11.6 Å². The molecule has 0 bridgehead atoms. The smallest absolute Gasteiger partial charge is 0.168 e. The zero-order valence-corrected chi connectivity index (χ0v) is 9.09. The van der Waals surface area contributed by atoms with Crippen molar-refractivity contribution in [1.29, 1.82) is 0 Å². The molecule has 0 saturated heterocycles. The molecule has 0 aliphatic carbocycles. The number of benzene rings is 1. The van der Waals surface area contributed by atoms with E-state index in [-0.39, 0.29) is 22.0 Å². The van der Waals surface area contributed by atoms with Gasteiger partial charge < -0.3 is 0 Å². The fourth-order valence-corrected chi connectivity index (χ4v) is 1.46. The highest BCUT2D eigenvalue weighted by molar-refractivity contribution is 6.29. The van der Waals surface area contributed by atoms with Crippen molar-refractivity contribution in [2.75, 3.05) is 0 Å². The molecule has 0 atom stereocenters. The van der Waals surface area contributed by atoms with Gasteiger partial charge in [0.05, 0.1) is 18.1 Å². The Morgan fingerprint density at radius 1 is 1.12 bits per heavy atom. The van der Waals surface area contributed by atoms with Gasteiger partial charge in [-0.3, -0.25) is 4.98 Å². The second kappa shape index (κ2) is 4.14. The molecule has 1 heterocycles. The Bertz CT molecular complexity index is 544. The van der Waals surface area contributed by atoms with Crippen LogP contribution in [-0.2, 0) is 0 Å². The van der Waals surface area contributed by atoms with Crippen LogP contribution in [0, 0.1) is 18.6 Å². The first-order valence-electron chi connectivity index (χ1n) is 4.52. The summed E-state index contributed by atoms with van der Waals surface area (Å²) in [4.78, 5) is 7.64. The number of halogens is 3. The van der Waals surface area contributed by atoms with Gasteiger partial charge in [0.25, 0.3) is 0 Å². The van der Waals surface area contributed by atoms with Gasteiger partial charge in [-0.1, -0.05) is 17.7 Å². The van der Waals surface area contributed by atoms with E-state index in [9.17, 15) is 8.78 Å². The zero-order chi connectivity index (χ0) is 11.7. The van der Waals surface area contributed by atoms with E-state index in [0.717, 1.165) is 0 Å². The normalized spacial score (nSPS) is 10.5. The lowest BCUT2D eigenvalue weighted by molar-refractivity contribution is 0.505. The minimum atomic E-state index is -0.934. The average molecular weight is 241 g/mol. The monoisotopic (exact) mass is 240 g/mol. The summed E-state index contributed by atoms with van der Waals surface area (Å²) in [6.07, 6.45) is 2.66. The molecule has 1 aromatic heterocycles. The first-order valence-corrected chi connectivity index (χ1v) is 4.90. The molecule has 0 saturated carbocycles. The van der Waals surface area contributed by atoms with E-state index in [0.29, 0.717) is 0 Å². The van der Waals surface area contributed by atoms with Gasteiger partial charge in [0, 0.05) is 5.56 Å². The SMILES string of the molecule is Cc1ccc(-c2cncc(Cl)n2)c(F)c1F. The van der Waals surface area contributed by atoms with Crippen molar-refractivity contribution in [3.05, 3.63) is 46.9 Å². The van der Waals surface area contributed by atoms with Crippen molar-refractivity contribution in [1.82, 2.24) is 9.97 Å². The number of nitrogens with zero attached hydrogens (tertiary/aromatic N) is 2. The third-order valence-corrected chi connectivity index (χ3v) is 2.34. The van der Waals surface area contributed by atoms with E-state index in [1.807, 2.05) is 0 Å².